The fourth-order valence-electron chi connectivity index (χ4n) is 2.01. The summed E-state index contributed by atoms with van der Waals surface area (Å²) in [6.07, 6.45) is 0. The molecule has 0 spiro atoms. The Bertz CT molecular complexity index is 663. The first-order valence-electron chi connectivity index (χ1n) is 6.18. The maximum absolute atomic E-state index is 6.17. The lowest BCUT2D eigenvalue weighted by Gasteiger charge is -2.14. The van der Waals surface area contributed by atoms with Crippen molar-refractivity contribution in [1.29, 1.82) is 0 Å². The maximum atomic E-state index is 6.17. The molecule has 0 bridgehead atoms. The summed E-state index contributed by atoms with van der Waals surface area (Å²) < 4.78 is 7.38. The zero-order chi connectivity index (χ0) is 14.7. The Labute approximate surface area is 132 Å². The largest absolute Gasteiger partial charge is 0.383 e. The van der Waals surface area contributed by atoms with E-state index in [2.05, 4.69) is 28.8 Å². The summed E-state index contributed by atoms with van der Waals surface area (Å²) in [6, 6.07) is 5.53. The third-order valence-corrected chi connectivity index (χ3v) is 4.39. The Morgan fingerprint density at radius 2 is 2.15 bits per heavy atom. The van der Waals surface area contributed by atoms with Gasteiger partial charge < -0.3 is 9.30 Å². The number of hydrogen-bond acceptors (Lipinski definition) is 3. The molecule has 1 aromatic heterocycles. The van der Waals surface area contributed by atoms with Crippen molar-refractivity contribution in [2.24, 2.45) is 4.99 Å². The van der Waals surface area contributed by atoms with Crippen molar-refractivity contribution in [3.05, 3.63) is 44.1 Å². The molecule has 0 saturated heterocycles. The summed E-state index contributed by atoms with van der Waals surface area (Å²) in [5, 5.41) is 3.24. The van der Waals surface area contributed by atoms with Gasteiger partial charge in [-0.2, -0.15) is 0 Å². The molecule has 1 aromatic carbocycles. The quantitative estimate of drug-likeness (QED) is 0.804. The topological polar surface area (TPSA) is 26.5 Å². The molecule has 1 unspecified atom stereocenters. The highest BCUT2D eigenvalue weighted by molar-refractivity contribution is 7.07. The van der Waals surface area contributed by atoms with E-state index in [1.165, 1.54) is 0 Å². The lowest BCUT2D eigenvalue weighted by atomic mass is 10.3. The third kappa shape index (κ3) is 3.44. The minimum atomic E-state index is 0.219. The van der Waals surface area contributed by atoms with Gasteiger partial charge in [0.15, 0.2) is 4.80 Å². The van der Waals surface area contributed by atoms with Crippen LogP contribution in [0.15, 0.2) is 28.6 Å². The predicted molar refractivity (Wildman–Crippen MR) is 85.3 cm³/mol. The number of aromatic nitrogens is 1. The number of methoxy groups -OCH3 is 1. The fourth-order valence-corrected chi connectivity index (χ4v) is 3.44. The van der Waals surface area contributed by atoms with Crippen LogP contribution in [0.1, 0.15) is 18.7 Å². The molecule has 0 fully saturated rings. The molecule has 6 heteroatoms. The number of thiazole rings is 1. The van der Waals surface area contributed by atoms with Gasteiger partial charge in [-0.1, -0.05) is 23.2 Å². The second kappa shape index (κ2) is 6.76. The summed E-state index contributed by atoms with van der Waals surface area (Å²) >= 11 is 13.7. The Kier molecular flexibility index (Phi) is 5.27. The Morgan fingerprint density at radius 1 is 1.40 bits per heavy atom. The number of benzene rings is 1. The van der Waals surface area contributed by atoms with Crippen molar-refractivity contribution in [2.75, 3.05) is 13.7 Å². The van der Waals surface area contributed by atoms with E-state index in [4.69, 9.17) is 27.9 Å². The predicted octanol–water partition coefficient (Wildman–Crippen LogP) is 4.60. The van der Waals surface area contributed by atoms with Gasteiger partial charge in [-0.25, -0.2) is 4.99 Å². The summed E-state index contributed by atoms with van der Waals surface area (Å²) in [7, 11) is 1.70. The summed E-state index contributed by atoms with van der Waals surface area (Å²) in [6.45, 7) is 4.80. The van der Waals surface area contributed by atoms with Gasteiger partial charge in [-0.15, -0.1) is 11.3 Å². The maximum Gasteiger partial charge on any atom is 0.190 e. The second-order valence-corrected chi connectivity index (χ2v) is 6.22. The van der Waals surface area contributed by atoms with Gasteiger partial charge in [0.25, 0.3) is 0 Å². The molecule has 0 aliphatic rings. The smallest absolute Gasteiger partial charge is 0.190 e. The molecule has 0 aliphatic carbocycles. The number of ether oxygens (including phenoxy) is 1. The zero-order valence-electron chi connectivity index (χ0n) is 11.6. The molecule has 0 aliphatic heterocycles. The molecule has 20 heavy (non-hydrogen) atoms. The van der Waals surface area contributed by atoms with Crippen molar-refractivity contribution in [3.8, 4) is 0 Å². The molecule has 1 atom stereocenters. The monoisotopic (exact) mass is 330 g/mol. The van der Waals surface area contributed by atoms with Gasteiger partial charge in [-0.3, -0.25) is 0 Å². The highest BCUT2D eigenvalue weighted by atomic mass is 35.5. The molecular formula is C14H16Cl2N2OS. The Hall–Kier alpha value is -0.810. The van der Waals surface area contributed by atoms with Crippen LogP contribution in [0.3, 0.4) is 0 Å². The van der Waals surface area contributed by atoms with Crippen LogP contribution in [0.25, 0.3) is 0 Å². The first-order valence-corrected chi connectivity index (χ1v) is 7.82. The van der Waals surface area contributed by atoms with Gasteiger partial charge in [-0.05, 0) is 32.0 Å². The van der Waals surface area contributed by atoms with E-state index < -0.39 is 0 Å². The van der Waals surface area contributed by atoms with Crippen molar-refractivity contribution in [2.45, 2.75) is 19.9 Å². The van der Waals surface area contributed by atoms with Crippen LogP contribution in [-0.2, 0) is 4.74 Å². The van der Waals surface area contributed by atoms with Gasteiger partial charge in [0, 0.05) is 23.2 Å². The first kappa shape index (κ1) is 15.6. The van der Waals surface area contributed by atoms with Crippen LogP contribution in [-0.4, -0.2) is 18.3 Å². The molecule has 0 amide bonds. The molecule has 1 heterocycles. The van der Waals surface area contributed by atoms with Crippen LogP contribution in [0.4, 0.5) is 5.69 Å². The molecule has 3 nitrogen and oxygen atoms in total. The second-order valence-electron chi connectivity index (χ2n) is 4.54. The van der Waals surface area contributed by atoms with E-state index in [-0.39, 0.29) is 6.04 Å². The van der Waals surface area contributed by atoms with Crippen LogP contribution < -0.4 is 4.80 Å². The fraction of sp³-hybridized carbons (Fsp3) is 0.357. The first-order chi connectivity index (χ1) is 9.52. The summed E-state index contributed by atoms with van der Waals surface area (Å²) in [5.74, 6) is 0. The van der Waals surface area contributed by atoms with E-state index >= 15 is 0 Å². The number of nitrogens with zero attached hydrogens (tertiary/aromatic N) is 2. The zero-order valence-corrected chi connectivity index (χ0v) is 13.9. The van der Waals surface area contributed by atoms with Crippen LogP contribution in [0.5, 0.6) is 0 Å². The molecule has 2 aromatic rings. The van der Waals surface area contributed by atoms with Crippen molar-refractivity contribution >= 4 is 40.2 Å². The number of halogens is 2. The van der Waals surface area contributed by atoms with Gasteiger partial charge in [0.2, 0.25) is 0 Å². The van der Waals surface area contributed by atoms with Gasteiger partial charge >= 0.3 is 0 Å². The SMILES string of the molecule is COCC(C)n1c(C)csc1=Nc1ccc(Cl)cc1Cl. The molecular weight excluding hydrogens is 315 g/mol. The van der Waals surface area contributed by atoms with E-state index in [9.17, 15) is 0 Å². The Balaban J connectivity index is 2.49. The lowest BCUT2D eigenvalue weighted by molar-refractivity contribution is 0.160. The van der Waals surface area contributed by atoms with E-state index in [0.717, 1.165) is 16.2 Å². The summed E-state index contributed by atoms with van der Waals surface area (Å²) in [5.41, 5.74) is 1.87. The minimum Gasteiger partial charge on any atom is -0.383 e. The van der Waals surface area contributed by atoms with E-state index in [0.29, 0.717) is 16.7 Å². The van der Waals surface area contributed by atoms with E-state index in [1.54, 1.807) is 30.6 Å². The molecule has 0 N–H and O–H groups in total. The van der Waals surface area contributed by atoms with Crippen molar-refractivity contribution < 1.29 is 4.74 Å². The van der Waals surface area contributed by atoms with Crippen LogP contribution in [0, 0.1) is 6.92 Å². The number of aryl methyl sites for hydroxylation is 1. The summed E-state index contributed by atoms with van der Waals surface area (Å²) in [4.78, 5) is 5.54. The number of rotatable bonds is 4. The number of hydrogen-bond donors (Lipinski definition) is 0. The van der Waals surface area contributed by atoms with E-state index in [1.807, 2.05) is 6.07 Å². The van der Waals surface area contributed by atoms with Crippen LogP contribution in [0.2, 0.25) is 10.0 Å². The standard InChI is InChI=1S/C14H16Cl2N2OS/c1-9(7-19-3)18-10(2)8-20-14(18)17-13-5-4-11(15)6-12(13)16/h4-6,8-9H,7H2,1-3H3. The molecule has 2 rings (SSSR count). The third-order valence-electron chi connectivity index (χ3n) is 2.90. The van der Waals surface area contributed by atoms with Crippen LogP contribution >= 0.6 is 34.5 Å². The Morgan fingerprint density at radius 3 is 2.80 bits per heavy atom. The molecule has 108 valence electrons. The van der Waals surface area contributed by atoms with Crippen molar-refractivity contribution in [3.63, 3.8) is 0 Å². The highest BCUT2D eigenvalue weighted by Gasteiger charge is 2.10. The van der Waals surface area contributed by atoms with Crippen molar-refractivity contribution in [1.82, 2.24) is 4.57 Å². The molecule has 0 saturated carbocycles. The minimum absolute atomic E-state index is 0.219. The van der Waals surface area contributed by atoms with Gasteiger partial charge in [0.05, 0.1) is 23.4 Å². The average Bonchev–Trinajstić information content (AvgIpc) is 2.74. The van der Waals surface area contributed by atoms with Gasteiger partial charge in [0.1, 0.15) is 0 Å². The normalized spacial score (nSPS) is 13.8. The molecule has 0 radical (unpaired) electrons. The lowest BCUT2D eigenvalue weighted by Crippen LogP contribution is -2.23. The average molecular weight is 331 g/mol. The highest BCUT2D eigenvalue weighted by Crippen LogP contribution is 2.27.